The SMILES string of the molecule is COc1ccc(-c2nnn(CCCCCCCn3nnnc3-c3ccc(OC)c(OC)c3)n2)cc1OC. The Bertz CT molecular complexity index is 1290. The lowest BCUT2D eigenvalue weighted by atomic mass is 10.1. The zero-order chi connectivity index (χ0) is 26.0. The topological polar surface area (TPSA) is 124 Å². The average Bonchev–Trinajstić information content (AvgIpc) is 3.61. The second-order valence-electron chi connectivity index (χ2n) is 8.34. The van der Waals surface area contributed by atoms with Gasteiger partial charge in [-0.25, -0.2) is 4.68 Å². The van der Waals surface area contributed by atoms with Crippen LogP contribution in [0.5, 0.6) is 23.0 Å². The molecule has 2 aromatic heterocycles. The molecule has 0 atom stereocenters. The molecule has 0 saturated heterocycles. The van der Waals surface area contributed by atoms with Crippen LogP contribution in [0.2, 0.25) is 0 Å². The van der Waals surface area contributed by atoms with Crippen molar-refractivity contribution in [3.63, 3.8) is 0 Å². The van der Waals surface area contributed by atoms with Gasteiger partial charge in [-0.2, -0.15) is 4.80 Å². The van der Waals surface area contributed by atoms with Crippen molar-refractivity contribution < 1.29 is 18.9 Å². The van der Waals surface area contributed by atoms with Gasteiger partial charge in [0.05, 0.1) is 35.0 Å². The first kappa shape index (κ1) is 25.9. The summed E-state index contributed by atoms with van der Waals surface area (Å²) in [6.07, 6.45) is 5.21. The standard InChI is InChI=1S/C25H32N8O4/c1-34-20-12-10-18(16-22(20)36-3)24-26-30-33(28-24)15-9-7-5-6-8-14-32-25(27-29-31-32)19-11-13-21(35-2)23(17-19)37-4/h10-13,16-17H,5-9,14-15H2,1-4H3. The number of hydrogen-bond donors (Lipinski definition) is 0. The molecule has 0 bridgehead atoms. The zero-order valence-corrected chi connectivity index (χ0v) is 21.6. The highest BCUT2D eigenvalue weighted by Gasteiger charge is 2.13. The summed E-state index contributed by atoms with van der Waals surface area (Å²) in [4.78, 5) is 1.64. The van der Waals surface area contributed by atoms with Crippen molar-refractivity contribution in [3.05, 3.63) is 36.4 Å². The molecule has 0 aliphatic heterocycles. The van der Waals surface area contributed by atoms with E-state index in [0.29, 0.717) is 34.6 Å². The Kier molecular flexibility index (Phi) is 8.84. The van der Waals surface area contributed by atoms with Gasteiger partial charge in [-0.3, -0.25) is 0 Å². The summed E-state index contributed by atoms with van der Waals surface area (Å²) in [7, 11) is 6.43. The van der Waals surface area contributed by atoms with E-state index in [1.54, 1.807) is 33.2 Å². The van der Waals surface area contributed by atoms with Crippen LogP contribution < -0.4 is 18.9 Å². The molecule has 0 aliphatic carbocycles. The van der Waals surface area contributed by atoms with Gasteiger partial charge in [-0.1, -0.05) is 19.3 Å². The predicted octanol–water partition coefficient (Wildman–Crippen LogP) is 3.68. The van der Waals surface area contributed by atoms with Crippen LogP contribution >= 0.6 is 0 Å². The molecule has 0 N–H and O–H groups in total. The molecule has 12 nitrogen and oxygen atoms in total. The molecule has 0 saturated carbocycles. The number of ether oxygens (including phenoxy) is 4. The maximum absolute atomic E-state index is 5.40. The van der Waals surface area contributed by atoms with Crippen LogP contribution in [0, 0.1) is 0 Å². The van der Waals surface area contributed by atoms with Gasteiger partial charge in [0.2, 0.25) is 5.82 Å². The maximum Gasteiger partial charge on any atom is 0.205 e. The van der Waals surface area contributed by atoms with Gasteiger partial charge in [-0.15, -0.1) is 15.3 Å². The normalized spacial score (nSPS) is 10.9. The Hall–Kier alpha value is -4.22. The molecule has 0 fully saturated rings. The molecule has 2 aromatic carbocycles. The molecule has 0 spiro atoms. The number of rotatable bonds is 14. The highest BCUT2D eigenvalue weighted by molar-refractivity contribution is 5.61. The van der Waals surface area contributed by atoms with Crippen molar-refractivity contribution >= 4 is 0 Å². The minimum Gasteiger partial charge on any atom is -0.493 e. The fourth-order valence-electron chi connectivity index (χ4n) is 4.01. The minimum absolute atomic E-state index is 0.563. The molecule has 0 radical (unpaired) electrons. The summed E-state index contributed by atoms with van der Waals surface area (Å²) in [5.41, 5.74) is 1.72. The number of nitrogens with zero attached hydrogens (tertiary/aromatic N) is 8. The highest BCUT2D eigenvalue weighted by Crippen LogP contribution is 2.32. The lowest BCUT2D eigenvalue weighted by Crippen LogP contribution is -2.04. The number of unbranched alkanes of at least 4 members (excludes halogenated alkanes) is 4. The molecule has 0 unspecified atom stereocenters. The molecular formula is C25H32N8O4. The number of hydrogen-bond acceptors (Lipinski definition) is 10. The number of aromatic nitrogens is 8. The van der Waals surface area contributed by atoms with Gasteiger partial charge in [0, 0.05) is 17.7 Å². The van der Waals surface area contributed by atoms with Crippen molar-refractivity contribution in [2.75, 3.05) is 28.4 Å². The summed E-state index contributed by atoms with van der Waals surface area (Å²) in [6, 6.07) is 11.2. The van der Waals surface area contributed by atoms with E-state index >= 15 is 0 Å². The Labute approximate surface area is 215 Å². The average molecular weight is 509 g/mol. The maximum atomic E-state index is 5.40. The van der Waals surface area contributed by atoms with Crippen LogP contribution in [0.1, 0.15) is 32.1 Å². The minimum atomic E-state index is 0.563. The Morgan fingerprint density at radius 3 is 1.89 bits per heavy atom. The van der Waals surface area contributed by atoms with Crippen LogP contribution in [0.25, 0.3) is 22.8 Å². The first-order valence-electron chi connectivity index (χ1n) is 12.2. The number of aryl methyl sites for hydroxylation is 2. The van der Waals surface area contributed by atoms with Crippen molar-refractivity contribution in [3.8, 4) is 45.8 Å². The van der Waals surface area contributed by atoms with Crippen LogP contribution in [0.15, 0.2) is 36.4 Å². The van der Waals surface area contributed by atoms with Gasteiger partial charge in [0.25, 0.3) is 0 Å². The molecule has 0 aliphatic rings. The quantitative estimate of drug-likeness (QED) is 0.233. The molecule has 196 valence electrons. The molecule has 4 rings (SSSR count). The molecule has 37 heavy (non-hydrogen) atoms. The van der Waals surface area contributed by atoms with E-state index in [9.17, 15) is 0 Å². The molecule has 12 heteroatoms. The lowest BCUT2D eigenvalue weighted by Gasteiger charge is -2.09. The smallest absolute Gasteiger partial charge is 0.205 e. The van der Waals surface area contributed by atoms with Crippen LogP contribution in [0.3, 0.4) is 0 Å². The largest absolute Gasteiger partial charge is 0.493 e. The Morgan fingerprint density at radius 2 is 1.22 bits per heavy atom. The summed E-state index contributed by atoms with van der Waals surface area (Å²) >= 11 is 0. The molecular weight excluding hydrogens is 476 g/mol. The van der Waals surface area contributed by atoms with Gasteiger partial charge in [0.1, 0.15) is 0 Å². The van der Waals surface area contributed by atoms with Crippen molar-refractivity contribution in [2.45, 2.75) is 45.2 Å². The first-order chi connectivity index (χ1) is 18.2. The van der Waals surface area contributed by atoms with E-state index in [0.717, 1.165) is 56.3 Å². The summed E-state index contributed by atoms with van der Waals surface area (Å²) in [5.74, 6) is 3.89. The number of tetrazole rings is 2. The van der Waals surface area contributed by atoms with E-state index in [2.05, 4.69) is 30.9 Å². The predicted molar refractivity (Wildman–Crippen MR) is 136 cm³/mol. The third kappa shape index (κ3) is 6.32. The second-order valence-corrected chi connectivity index (χ2v) is 8.34. The Balaban J connectivity index is 1.20. The van der Waals surface area contributed by atoms with Crippen LogP contribution in [-0.2, 0) is 13.1 Å². The van der Waals surface area contributed by atoms with Crippen LogP contribution in [0.4, 0.5) is 0 Å². The molecule has 4 aromatic rings. The van der Waals surface area contributed by atoms with Crippen molar-refractivity contribution in [1.29, 1.82) is 0 Å². The van der Waals surface area contributed by atoms with Gasteiger partial charge in [0.15, 0.2) is 28.8 Å². The van der Waals surface area contributed by atoms with Gasteiger partial charge in [-0.05, 0) is 64.9 Å². The Morgan fingerprint density at radius 1 is 0.622 bits per heavy atom. The lowest BCUT2D eigenvalue weighted by molar-refractivity contribution is 0.355. The van der Waals surface area contributed by atoms with Gasteiger partial charge >= 0.3 is 0 Å². The summed E-state index contributed by atoms with van der Waals surface area (Å²) in [5, 5.41) is 25.1. The van der Waals surface area contributed by atoms with E-state index in [1.807, 2.05) is 41.1 Å². The van der Waals surface area contributed by atoms with E-state index in [4.69, 9.17) is 18.9 Å². The number of methoxy groups -OCH3 is 4. The van der Waals surface area contributed by atoms with Crippen molar-refractivity contribution in [2.24, 2.45) is 0 Å². The third-order valence-corrected chi connectivity index (χ3v) is 6.00. The fourth-order valence-corrected chi connectivity index (χ4v) is 4.01. The first-order valence-corrected chi connectivity index (χ1v) is 12.2. The second kappa shape index (κ2) is 12.7. The monoisotopic (exact) mass is 508 g/mol. The zero-order valence-electron chi connectivity index (χ0n) is 21.6. The summed E-state index contributed by atoms with van der Waals surface area (Å²) in [6.45, 7) is 1.47. The highest BCUT2D eigenvalue weighted by atomic mass is 16.5. The van der Waals surface area contributed by atoms with Gasteiger partial charge < -0.3 is 18.9 Å². The van der Waals surface area contributed by atoms with Crippen molar-refractivity contribution in [1.82, 2.24) is 40.4 Å². The van der Waals surface area contributed by atoms with Crippen LogP contribution in [-0.4, -0.2) is 68.9 Å². The van der Waals surface area contributed by atoms with E-state index < -0.39 is 0 Å². The summed E-state index contributed by atoms with van der Waals surface area (Å²) < 4.78 is 23.2. The fraction of sp³-hybridized carbons (Fsp3) is 0.440. The van der Waals surface area contributed by atoms with E-state index in [-0.39, 0.29) is 0 Å². The molecule has 0 amide bonds. The van der Waals surface area contributed by atoms with E-state index in [1.165, 1.54) is 0 Å². The number of benzene rings is 2. The third-order valence-electron chi connectivity index (χ3n) is 6.00. The molecule has 2 heterocycles.